The van der Waals surface area contributed by atoms with Crippen LogP contribution >= 0.6 is 11.3 Å². The van der Waals surface area contributed by atoms with Gasteiger partial charge in [-0.3, -0.25) is 4.79 Å². The van der Waals surface area contributed by atoms with Gasteiger partial charge in [0.2, 0.25) is 0 Å². The molecule has 0 aliphatic carbocycles. The molecule has 0 spiro atoms. The summed E-state index contributed by atoms with van der Waals surface area (Å²) in [4.78, 5) is 35.2. The molecule has 5 rings (SSSR count). The standard InChI is InChI=1S/C32H28N6O2S/c1-2-33-27(39)18-17-26-28-30(35-21-36-31(28)41-29(26)23-9-5-3-6-10-23)34-20-19-22-13-15-25(16-14-22)38-32(40)37-24-11-7-4-8-12-24/h3-16,21H,2,19-20H2,1H3,(H,33,39)(H,34,35,36)(H2,37,38,40). The summed E-state index contributed by atoms with van der Waals surface area (Å²) in [5.74, 6) is 6.16. The van der Waals surface area contributed by atoms with E-state index in [2.05, 4.69) is 43.1 Å². The Bertz CT molecular complexity index is 1710. The summed E-state index contributed by atoms with van der Waals surface area (Å²) in [5, 5.41) is 12.6. The molecule has 9 heteroatoms. The number of nitrogens with one attached hydrogen (secondary N) is 4. The minimum atomic E-state index is -0.326. The molecule has 41 heavy (non-hydrogen) atoms. The number of amides is 3. The molecule has 4 N–H and O–H groups in total. The third-order valence-corrected chi connectivity index (χ3v) is 7.26. The first-order valence-corrected chi connectivity index (χ1v) is 14.0. The zero-order valence-electron chi connectivity index (χ0n) is 22.4. The van der Waals surface area contributed by atoms with Crippen molar-refractivity contribution >= 4 is 50.7 Å². The molecule has 0 saturated heterocycles. The average Bonchev–Trinajstić information content (AvgIpc) is 3.37. The number of urea groups is 1. The molecule has 0 radical (unpaired) electrons. The van der Waals surface area contributed by atoms with E-state index in [1.165, 1.54) is 17.7 Å². The number of hydrogen-bond acceptors (Lipinski definition) is 6. The van der Waals surface area contributed by atoms with Crippen LogP contribution < -0.4 is 21.3 Å². The van der Waals surface area contributed by atoms with Gasteiger partial charge in [-0.15, -0.1) is 11.3 Å². The predicted octanol–water partition coefficient (Wildman–Crippen LogP) is 6.14. The number of rotatable bonds is 8. The molecule has 204 valence electrons. The first-order chi connectivity index (χ1) is 20.1. The molecule has 0 bridgehead atoms. The number of anilines is 3. The van der Waals surface area contributed by atoms with Crippen molar-refractivity contribution in [2.45, 2.75) is 13.3 Å². The fraction of sp³-hybridized carbons (Fsp3) is 0.125. The second-order valence-corrected chi connectivity index (χ2v) is 10.0. The summed E-state index contributed by atoms with van der Waals surface area (Å²) in [7, 11) is 0. The summed E-state index contributed by atoms with van der Waals surface area (Å²) in [6.07, 6.45) is 2.27. The molecule has 0 aliphatic rings. The van der Waals surface area contributed by atoms with E-state index in [4.69, 9.17) is 0 Å². The number of carbonyl (C=O) groups excluding carboxylic acids is 2. The normalized spacial score (nSPS) is 10.4. The number of aromatic nitrogens is 2. The molecular weight excluding hydrogens is 532 g/mol. The highest BCUT2D eigenvalue weighted by molar-refractivity contribution is 7.22. The number of hydrogen-bond donors (Lipinski definition) is 4. The van der Waals surface area contributed by atoms with Crippen molar-refractivity contribution < 1.29 is 9.59 Å². The van der Waals surface area contributed by atoms with E-state index in [1.807, 2.05) is 91.9 Å². The number of para-hydroxylation sites is 1. The maximum absolute atomic E-state index is 12.3. The Morgan fingerprint density at radius 1 is 0.854 bits per heavy atom. The molecule has 3 aromatic carbocycles. The Labute approximate surface area is 242 Å². The highest BCUT2D eigenvalue weighted by atomic mass is 32.1. The van der Waals surface area contributed by atoms with Crippen molar-refractivity contribution in [1.82, 2.24) is 15.3 Å². The second-order valence-electron chi connectivity index (χ2n) is 9.00. The second kappa shape index (κ2) is 13.2. The Morgan fingerprint density at radius 2 is 1.54 bits per heavy atom. The Hall–Kier alpha value is -5.20. The number of thiophene rings is 1. The fourth-order valence-corrected chi connectivity index (χ4v) is 5.30. The zero-order valence-corrected chi connectivity index (χ0v) is 23.2. The molecule has 2 heterocycles. The molecule has 3 amide bonds. The predicted molar refractivity (Wildman–Crippen MR) is 166 cm³/mol. The SMILES string of the molecule is CCNC(=O)C#Cc1c(-c2ccccc2)sc2ncnc(NCCc3ccc(NC(=O)Nc4ccccc4)cc3)c12. The quantitative estimate of drug-likeness (QED) is 0.170. The van der Waals surface area contributed by atoms with Crippen LogP contribution in [0.25, 0.3) is 20.7 Å². The average molecular weight is 561 g/mol. The van der Waals surface area contributed by atoms with Gasteiger partial charge in [-0.2, -0.15) is 0 Å². The number of nitrogens with zero attached hydrogens (tertiary/aromatic N) is 2. The van der Waals surface area contributed by atoms with Gasteiger partial charge in [-0.25, -0.2) is 14.8 Å². The van der Waals surface area contributed by atoms with E-state index < -0.39 is 0 Å². The minimum Gasteiger partial charge on any atom is -0.369 e. The van der Waals surface area contributed by atoms with E-state index in [9.17, 15) is 9.59 Å². The van der Waals surface area contributed by atoms with Crippen LogP contribution in [0.4, 0.5) is 22.0 Å². The molecule has 8 nitrogen and oxygen atoms in total. The molecule has 2 aromatic heterocycles. The van der Waals surface area contributed by atoms with Gasteiger partial charge in [-0.1, -0.05) is 66.6 Å². The first-order valence-electron chi connectivity index (χ1n) is 13.2. The van der Waals surface area contributed by atoms with Crippen molar-refractivity contribution in [2.24, 2.45) is 0 Å². The summed E-state index contributed by atoms with van der Waals surface area (Å²) < 4.78 is 0. The van der Waals surface area contributed by atoms with Crippen LogP contribution in [0, 0.1) is 11.8 Å². The van der Waals surface area contributed by atoms with Gasteiger partial charge in [0, 0.05) is 30.4 Å². The van der Waals surface area contributed by atoms with E-state index in [0.29, 0.717) is 24.6 Å². The lowest BCUT2D eigenvalue weighted by molar-refractivity contribution is -0.115. The van der Waals surface area contributed by atoms with Crippen molar-refractivity contribution in [1.29, 1.82) is 0 Å². The van der Waals surface area contributed by atoms with Crippen LogP contribution in [0.1, 0.15) is 18.1 Å². The lowest BCUT2D eigenvalue weighted by atomic mass is 10.1. The Morgan fingerprint density at radius 3 is 2.24 bits per heavy atom. The molecule has 0 unspecified atom stereocenters. The van der Waals surface area contributed by atoms with Crippen molar-refractivity contribution in [3.63, 3.8) is 0 Å². The van der Waals surface area contributed by atoms with Crippen LogP contribution in [-0.2, 0) is 11.2 Å². The third-order valence-electron chi connectivity index (χ3n) is 6.11. The Kier molecular flexibility index (Phi) is 8.84. The molecule has 0 aliphatic heterocycles. The molecular formula is C32H28N6O2S. The fourth-order valence-electron chi connectivity index (χ4n) is 4.20. The van der Waals surface area contributed by atoms with Crippen LogP contribution in [0.15, 0.2) is 91.3 Å². The van der Waals surface area contributed by atoms with Crippen molar-refractivity contribution in [3.05, 3.63) is 102 Å². The molecule has 0 atom stereocenters. The van der Waals surface area contributed by atoms with E-state index in [0.717, 1.165) is 43.9 Å². The number of benzene rings is 3. The monoisotopic (exact) mass is 560 g/mol. The summed E-state index contributed by atoms with van der Waals surface area (Å²) in [6.45, 7) is 2.99. The van der Waals surface area contributed by atoms with Crippen LogP contribution in [0.5, 0.6) is 0 Å². The van der Waals surface area contributed by atoms with Gasteiger partial charge < -0.3 is 21.3 Å². The van der Waals surface area contributed by atoms with Gasteiger partial charge in [0.25, 0.3) is 5.91 Å². The minimum absolute atomic E-state index is 0.296. The van der Waals surface area contributed by atoms with Gasteiger partial charge in [0.05, 0.1) is 15.8 Å². The Balaban J connectivity index is 1.29. The van der Waals surface area contributed by atoms with Crippen LogP contribution in [-0.4, -0.2) is 35.0 Å². The van der Waals surface area contributed by atoms with Gasteiger partial charge in [0.1, 0.15) is 17.0 Å². The van der Waals surface area contributed by atoms with Crippen molar-refractivity contribution in [2.75, 3.05) is 29.0 Å². The highest BCUT2D eigenvalue weighted by Gasteiger charge is 2.17. The molecule has 5 aromatic rings. The maximum Gasteiger partial charge on any atom is 0.323 e. The lowest BCUT2D eigenvalue weighted by Gasteiger charge is -2.09. The number of fused-ring (bicyclic) bond motifs is 1. The smallest absolute Gasteiger partial charge is 0.323 e. The van der Waals surface area contributed by atoms with E-state index >= 15 is 0 Å². The van der Waals surface area contributed by atoms with Crippen LogP contribution in [0.2, 0.25) is 0 Å². The van der Waals surface area contributed by atoms with Gasteiger partial charge >= 0.3 is 6.03 Å². The third kappa shape index (κ3) is 7.06. The summed E-state index contributed by atoms with van der Waals surface area (Å²) >= 11 is 1.53. The highest BCUT2D eigenvalue weighted by Crippen LogP contribution is 2.39. The van der Waals surface area contributed by atoms with Gasteiger partial charge in [-0.05, 0) is 48.7 Å². The zero-order chi connectivity index (χ0) is 28.4. The van der Waals surface area contributed by atoms with Crippen LogP contribution in [0.3, 0.4) is 0 Å². The lowest BCUT2D eigenvalue weighted by Crippen LogP contribution is -2.20. The van der Waals surface area contributed by atoms with E-state index in [1.54, 1.807) is 0 Å². The van der Waals surface area contributed by atoms with Crippen molar-refractivity contribution in [3.8, 4) is 22.3 Å². The first kappa shape index (κ1) is 27.4. The molecule has 0 fully saturated rings. The maximum atomic E-state index is 12.3. The largest absolute Gasteiger partial charge is 0.369 e. The molecule has 0 saturated carbocycles. The summed E-state index contributed by atoms with van der Waals surface area (Å²) in [6, 6.07) is 26.7. The number of carbonyl (C=O) groups is 2. The summed E-state index contributed by atoms with van der Waals surface area (Å²) in [5.41, 5.74) is 4.27. The topological polar surface area (TPSA) is 108 Å². The van der Waals surface area contributed by atoms with Gasteiger partial charge in [0.15, 0.2) is 0 Å². The van der Waals surface area contributed by atoms with E-state index in [-0.39, 0.29) is 11.9 Å².